The van der Waals surface area contributed by atoms with Gasteiger partial charge in [0.1, 0.15) is 40.9 Å². The number of hydrogen-bond acceptors (Lipinski definition) is 5. The summed E-state index contributed by atoms with van der Waals surface area (Å²) in [4.78, 5) is 12.0. The van der Waals surface area contributed by atoms with Crippen molar-refractivity contribution >= 4 is 18.4 Å². The summed E-state index contributed by atoms with van der Waals surface area (Å²) in [6.45, 7) is 13.9. The molecule has 6 aromatic rings. The normalized spacial score (nSPS) is 16.1. The molecule has 274 valence electrons. The van der Waals surface area contributed by atoms with Gasteiger partial charge in [0.05, 0.1) is 0 Å². The van der Waals surface area contributed by atoms with Crippen LogP contribution in [0.15, 0.2) is 133 Å². The Labute approximate surface area is 319 Å². The number of carbonyl (C=O) groups is 1. The van der Waals surface area contributed by atoms with Crippen molar-refractivity contribution in [1.82, 2.24) is 0 Å². The Hall–Kier alpha value is -5.38. The summed E-state index contributed by atoms with van der Waals surface area (Å²) in [7, 11) is -3.54. The molecular formula is C48H47O5P. The van der Waals surface area contributed by atoms with Gasteiger partial charge < -0.3 is 18.8 Å². The molecular weight excluding hydrogens is 687 g/mol. The molecule has 0 saturated heterocycles. The second-order valence-corrected chi connectivity index (χ2v) is 17.9. The molecule has 0 bridgehead atoms. The molecule has 5 nitrogen and oxygen atoms in total. The molecule has 0 fully saturated rings. The molecule has 54 heavy (non-hydrogen) atoms. The van der Waals surface area contributed by atoms with E-state index in [0.717, 1.165) is 67.7 Å². The third-order valence-corrected chi connectivity index (χ3v) is 14.5. The van der Waals surface area contributed by atoms with Crippen LogP contribution < -0.4 is 19.5 Å². The van der Waals surface area contributed by atoms with E-state index in [0.29, 0.717) is 17.7 Å². The summed E-state index contributed by atoms with van der Waals surface area (Å²) in [5.74, 6) is 2.28. The van der Waals surface area contributed by atoms with E-state index in [1.807, 2.05) is 66.7 Å². The van der Waals surface area contributed by atoms with Crippen LogP contribution in [0.1, 0.15) is 73.1 Å². The summed E-state index contributed by atoms with van der Waals surface area (Å²) in [6, 6.07) is 44.3. The fourth-order valence-electron chi connectivity index (χ4n) is 7.98. The minimum atomic E-state index is -3.54. The second kappa shape index (κ2) is 14.5. The van der Waals surface area contributed by atoms with Crippen LogP contribution in [0.2, 0.25) is 0 Å². The molecule has 0 saturated carbocycles. The first-order chi connectivity index (χ1) is 25.8. The van der Waals surface area contributed by atoms with Gasteiger partial charge in [-0.15, -0.1) is 0 Å². The van der Waals surface area contributed by atoms with Crippen molar-refractivity contribution in [2.24, 2.45) is 0 Å². The first-order valence-electron chi connectivity index (χ1n) is 18.6. The summed E-state index contributed by atoms with van der Waals surface area (Å²) in [5, 5.41) is -0.357. The van der Waals surface area contributed by atoms with Gasteiger partial charge in [-0.3, -0.25) is 4.79 Å². The Balaban J connectivity index is 1.50. The molecule has 1 aliphatic heterocycles. The van der Waals surface area contributed by atoms with Gasteiger partial charge in [-0.25, -0.2) is 0 Å². The number of hydrogen-bond donors (Lipinski definition) is 0. The monoisotopic (exact) mass is 734 g/mol. The van der Waals surface area contributed by atoms with E-state index in [4.69, 9.17) is 14.2 Å². The van der Waals surface area contributed by atoms with Crippen LogP contribution in [0, 0.1) is 20.8 Å². The lowest BCUT2D eigenvalue weighted by Crippen LogP contribution is -2.36. The highest BCUT2D eigenvalue weighted by atomic mass is 31.2. The summed E-state index contributed by atoms with van der Waals surface area (Å²) in [5.41, 5.74) is 8.60. The van der Waals surface area contributed by atoms with Crippen LogP contribution >= 0.6 is 7.14 Å². The molecule has 0 N–H and O–H groups in total. The van der Waals surface area contributed by atoms with Crippen molar-refractivity contribution < 1.29 is 23.6 Å². The zero-order valence-corrected chi connectivity index (χ0v) is 33.0. The standard InChI is InChI=1S/C48H47O5P/c1-8-47(6,7)53-42-27-21-39(22-28-42)48(37-17-23-40(24-18-37)51-35(5)49,38-19-25-41(26-20-38)52-46-33(3)29-32(2)30-34(46)4)54(50)31-36-13-9-10-14-43(36)44-15-11-12-16-45(44)54/h9-30H,8,31H2,1-7H3. The molecule has 0 aliphatic carbocycles. The lowest BCUT2D eigenvalue weighted by molar-refractivity contribution is -0.131. The van der Waals surface area contributed by atoms with E-state index in [1.165, 1.54) is 12.5 Å². The number of carbonyl (C=O) groups excluding carboxylic acids is 1. The van der Waals surface area contributed by atoms with E-state index in [9.17, 15) is 4.79 Å². The molecule has 7 rings (SSSR count). The SMILES string of the molecule is CCC(C)(C)Oc1ccc(C(c2ccc(OC(C)=O)cc2)(c2ccc(Oc3c(C)cc(C)cc3C)cc2)P2(=O)Cc3ccccc3-c3ccccc32)cc1. The predicted molar refractivity (Wildman–Crippen MR) is 219 cm³/mol. The van der Waals surface area contributed by atoms with Gasteiger partial charge in [0.2, 0.25) is 0 Å². The quantitative estimate of drug-likeness (QED) is 0.0607. The van der Waals surface area contributed by atoms with Crippen molar-refractivity contribution in [1.29, 1.82) is 0 Å². The molecule has 0 radical (unpaired) electrons. The Morgan fingerprint density at radius 2 is 1.17 bits per heavy atom. The lowest BCUT2D eigenvalue weighted by atomic mass is 9.83. The van der Waals surface area contributed by atoms with Crippen LogP contribution in [-0.2, 0) is 20.7 Å². The van der Waals surface area contributed by atoms with Gasteiger partial charge in [0, 0.05) is 18.4 Å². The third kappa shape index (κ3) is 6.67. The van der Waals surface area contributed by atoms with Crippen molar-refractivity contribution in [3.8, 4) is 34.1 Å². The van der Waals surface area contributed by atoms with Crippen LogP contribution in [0.3, 0.4) is 0 Å². The van der Waals surface area contributed by atoms with E-state index in [1.54, 1.807) is 12.1 Å². The summed E-state index contributed by atoms with van der Waals surface area (Å²) < 4.78 is 35.5. The fraction of sp³-hybridized carbons (Fsp3) is 0.229. The fourth-order valence-corrected chi connectivity index (χ4v) is 12.1. The van der Waals surface area contributed by atoms with Gasteiger partial charge in [0.15, 0.2) is 0 Å². The molecule has 2 atom stereocenters. The van der Waals surface area contributed by atoms with Crippen LogP contribution in [0.25, 0.3) is 11.1 Å². The molecule has 0 spiro atoms. The Morgan fingerprint density at radius 1 is 0.667 bits per heavy atom. The minimum absolute atomic E-state index is 0.340. The van der Waals surface area contributed by atoms with Crippen molar-refractivity contribution in [2.45, 2.75) is 71.8 Å². The van der Waals surface area contributed by atoms with Gasteiger partial charge in [-0.2, -0.15) is 0 Å². The van der Waals surface area contributed by atoms with E-state index in [-0.39, 0.29) is 5.60 Å². The third-order valence-electron chi connectivity index (χ3n) is 10.7. The number of ether oxygens (including phenoxy) is 3. The zero-order valence-electron chi connectivity index (χ0n) is 32.1. The number of rotatable bonds is 10. The highest BCUT2D eigenvalue weighted by Gasteiger charge is 2.55. The highest BCUT2D eigenvalue weighted by Crippen LogP contribution is 2.72. The van der Waals surface area contributed by atoms with Gasteiger partial charge in [-0.05, 0) is 122 Å². The van der Waals surface area contributed by atoms with E-state index in [2.05, 4.69) is 96.1 Å². The first kappa shape index (κ1) is 37.0. The van der Waals surface area contributed by atoms with Crippen LogP contribution in [-0.4, -0.2) is 11.6 Å². The van der Waals surface area contributed by atoms with Gasteiger partial charge in [-0.1, -0.05) is 110 Å². The summed E-state index contributed by atoms with van der Waals surface area (Å²) in [6.07, 6.45) is 1.18. The van der Waals surface area contributed by atoms with Crippen LogP contribution in [0.4, 0.5) is 0 Å². The smallest absolute Gasteiger partial charge is 0.308 e. The molecule has 6 aromatic carbocycles. The maximum atomic E-state index is 17.0. The number of aryl methyl sites for hydroxylation is 3. The van der Waals surface area contributed by atoms with Crippen molar-refractivity contribution in [3.05, 3.63) is 172 Å². The second-order valence-electron chi connectivity index (χ2n) is 15.0. The molecule has 0 amide bonds. The lowest BCUT2D eigenvalue weighted by Gasteiger charge is -2.45. The van der Waals surface area contributed by atoms with Crippen LogP contribution in [0.5, 0.6) is 23.0 Å². The van der Waals surface area contributed by atoms with Crippen molar-refractivity contribution in [3.63, 3.8) is 0 Å². The van der Waals surface area contributed by atoms with Crippen molar-refractivity contribution in [2.75, 3.05) is 0 Å². The largest absolute Gasteiger partial charge is 0.488 e. The number of benzene rings is 6. The maximum absolute atomic E-state index is 17.0. The predicted octanol–water partition coefficient (Wildman–Crippen LogP) is 12.1. The van der Waals surface area contributed by atoms with E-state index < -0.39 is 18.3 Å². The maximum Gasteiger partial charge on any atom is 0.308 e. The van der Waals surface area contributed by atoms with Gasteiger partial charge in [0.25, 0.3) is 0 Å². The Morgan fingerprint density at radius 3 is 1.72 bits per heavy atom. The van der Waals surface area contributed by atoms with E-state index >= 15 is 4.57 Å². The molecule has 6 heteroatoms. The molecule has 1 heterocycles. The number of esters is 1. The topological polar surface area (TPSA) is 61.8 Å². The minimum Gasteiger partial charge on any atom is -0.488 e. The Bertz CT molecular complexity index is 2350. The molecule has 2 unspecified atom stereocenters. The summed E-state index contributed by atoms with van der Waals surface area (Å²) >= 11 is 0. The average Bonchev–Trinajstić information content (AvgIpc) is 3.15. The Kier molecular flexibility index (Phi) is 9.89. The first-order valence-corrected chi connectivity index (χ1v) is 20.5. The zero-order chi connectivity index (χ0) is 38.3. The average molecular weight is 735 g/mol. The molecule has 1 aliphatic rings. The van der Waals surface area contributed by atoms with Gasteiger partial charge >= 0.3 is 5.97 Å². The molecule has 0 aromatic heterocycles. The highest BCUT2D eigenvalue weighted by molar-refractivity contribution is 7.73. The number of fused-ring (bicyclic) bond motifs is 3.